The molecule has 2 aromatic carbocycles. The largest absolute Gasteiger partial charge is 0.508 e. The third kappa shape index (κ3) is 2.79. The SMILES string of the molecule is CN(N=Cc1ccc(O)cc1O)c1ccccc1. The van der Waals surface area contributed by atoms with Crippen molar-refractivity contribution in [1.29, 1.82) is 0 Å². The molecule has 0 atom stereocenters. The number of hydrogen-bond acceptors (Lipinski definition) is 4. The number of hydrazone groups is 1. The maximum absolute atomic E-state index is 9.61. The molecule has 0 fully saturated rings. The zero-order valence-electron chi connectivity index (χ0n) is 9.99. The van der Waals surface area contributed by atoms with E-state index in [0.29, 0.717) is 5.56 Å². The number of phenolic OH excluding ortho intramolecular Hbond substituents is 2. The average Bonchev–Trinajstić information content (AvgIpc) is 2.38. The number of nitrogens with zero attached hydrogens (tertiary/aromatic N) is 2. The first-order chi connectivity index (χ1) is 8.66. The molecule has 0 saturated carbocycles. The Morgan fingerprint density at radius 2 is 1.78 bits per heavy atom. The van der Waals surface area contributed by atoms with Gasteiger partial charge in [0, 0.05) is 18.7 Å². The lowest BCUT2D eigenvalue weighted by molar-refractivity contribution is 0.450. The van der Waals surface area contributed by atoms with E-state index in [9.17, 15) is 10.2 Å². The summed E-state index contributed by atoms with van der Waals surface area (Å²) in [6, 6.07) is 14.1. The highest BCUT2D eigenvalue weighted by molar-refractivity contribution is 5.84. The van der Waals surface area contributed by atoms with E-state index < -0.39 is 0 Å². The summed E-state index contributed by atoms with van der Waals surface area (Å²) in [5.74, 6) is 0.0290. The molecule has 2 aromatic rings. The van der Waals surface area contributed by atoms with E-state index in [1.54, 1.807) is 17.3 Å². The van der Waals surface area contributed by atoms with Crippen LogP contribution < -0.4 is 5.01 Å². The van der Waals surface area contributed by atoms with E-state index in [0.717, 1.165) is 5.69 Å². The van der Waals surface area contributed by atoms with Gasteiger partial charge in [-0.2, -0.15) is 5.10 Å². The predicted molar refractivity (Wildman–Crippen MR) is 72.2 cm³/mol. The molecule has 0 aromatic heterocycles. The highest BCUT2D eigenvalue weighted by Gasteiger charge is 2.00. The van der Waals surface area contributed by atoms with E-state index in [4.69, 9.17) is 0 Å². The maximum atomic E-state index is 9.61. The predicted octanol–water partition coefficient (Wildman–Crippen LogP) is 2.57. The second-order valence-corrected chi connectivity index (χ2v) is 3.85. The quantitative estimate of drug-likeness (QED) is 0.642. The van der Waals surface area contributed by atoms with Gasteiger partial charge in [-0.25, -0.2) is 0 Å². The lowest BCUT2D eigenvalue weighted by Crippen LogP contribution is -2.08. The summed E-state index contributed by atoms with van der Waals surface area (Å²) in [4.78, 5) is 0. The van der Waals surface area contributed by atoms with Crippen LogP contribution in [-0.4, -0.2) is 23.5 Å². The second kappa shape index (κ2) is 5.23. The Morgan fingerprint density at radius 1 is 1.06 bits per heavy atom. The van der Waals surface area contributed by atoms with Crippen molar-refractivity contribution in [3.05, 3.63) is 54.1 Å². The van der Waals surface area contributed by atoms with Crippen molar-refractivity contribution >= 4 is 11.9 Å². The Balaban J connectivity index is 2.16. The summed E-state index contributed by atoms with van der Waals surface area (Å²) < 4.78 is 0. The summed E-state index contributed by atoms with van der Waals surface area (Å²) in [6.45, 7) is 0. The first-order valence-corrected chi connectivity index (χ1v) is 5.51. The molecule has 0 aliphatic carbocycles. The Bertz CT molecular complexity index is 553. The topological polar surface area (TPSA) is 56.1 Å². The monoisotopic (exact) mass is 242 g/mol. The smallest absolute Gasteiger partial charge is 0.128 e. The Hall–Kier alpha value is -2.49. The van der Waals surface area contributed by atoms with E-state index in [1.807, 2.05) is 37.4 Å². The lowest BCUT2D eigenvalue weighted by Gasteiger charge is -2.12. The number of phenols is 2. The van der Waals surface area contributed by atoms with Gasteiger partial charge >= 0.3 is 0 Å². The molecule has 4 nitrogen and oxygen atoms in total. The molecule has 0 saturated heterocycles. The zero-order valence-corrected chi connectivity index (χ0v) is 9.99. The van der Waals surface area contributed by atoms with Crippen LogP contribution in [0, 0.1) is 0 Å². The highest BCUT2D eigenvalue weighted by atomic mass is 16.3. The average molecular weight is 242 g/mol. The van der Waals surface area contributed by atoms with Crippen LogP contribution in [0.15, 0.2) is 53.6 Å². The minimum absolute atomic E-state index is 0.000196. The highest BCUT2D eigenvalue weighted by Crippen LogP contribution is 2.21. The van der Waals surface area contributed by atoms with Gasteiger partial charge in [0.1, 0.15) is 11.5 Å². The van der Waals surface area contributed by atoms with Crippen molar-refractivity contribution in [2.45, 2.75) is 0 Å². The van der Waals surface area contributed by atoms with Crippen LogP contribution in [0.5, 0.6) is 11.5 Å². The van der Waals surface area contributed by atoms with Gasteiger partial charge < -0.3 is 10.2 Å². The molecular weight excluding hydrogens is 228 g/mol. The molecule has 0 spiro atoms. The van der Waals surface area contributed by atoms with Crippen molar-refractivity contribution in [2.75, 3.05) is 12.1 Å². The van der Waals surface area contributed by atoms with E-state index in [2.05, 4.69) is 5.10 Å². The normalized spacial score (nSPS) is 10.7. The van der Waals surface area contributed by atoms with Gasteiger partial charge in [0.05, 0.1) is 11.9 Å². The molecule has 2 rings (SSSR count). The van der Waals surface area contributed by atoms with Crippen molar-refractivity contribution in [3.8, 4) is 11.5 Å². The standard InChI is InChI=1S/C14H14N2O2/c1-16(12-5-3-2-4-6-12)15-10-11-7-8-13(17)9-14(11)18/h2-10,17-18H,1H3. The molecule has 0 unspecified atom stereocenters. The number of rotatable bonds is 3. The van der Waals surface area contributed by atoms with E-state index >= 15 is 0 Å². The second-order valence-electron chi connectivity index (χ2n) is 3.85. The van der Waals surface area contributed by atoms with Crippen LogP contribution in [0.2, 0.25) is 0 Å². The first-order valence-electron chi connectivity index (χ1n) is 5.51. The Kier molecular flexibility index (Phi) is 3.48. The van der Waals surface area contributed by atoms with Crippen molar-refractivity contribution in [1.82, 2.24) is 0 Å². The van der Waals surface area contributed by atoms with Crippen molar-refractivity contribution < 1.29 is 10.2 Å². The number of anilines is 1. The van der Waals surface area contributed by atoms with Crippen LogP contribution in [-0.2, 0) is 0 Å². The summed E-state index contributed by atoms with van der Waals surface area (Å²) in [5.41, 5.74) is 1.50. The fourth-order valence-corrected chi connectivity index (χ4v) is 1.50. The van der Waals surface area contributed by atoms with Gasteiger partial charge in [-0.05, 0) is 24.3 Å². The molecule has 2 N–H and O–H groups in total. The molecule has 0 heterocycles. The van der Waals surface area contributed by atoms with Crippen LogP contribution in [0.25, 0.3) is 0 Å². The van der Waals surface area contributed by atoms with Crippen molar-refractivity contribution in [3.63, 3.8) is 0 Å². The molecule has 0 bridgehead atoms. The van der Waals surface area contributed by atoms with E-state index in [-0.39, 0.29) is 11.5 Å². The minimum atomic E-state index is 0.000196. The van der Waals surface area contributed by atoms with Crippen LogP contribution in [0.4, 0.5) is 5.69 Å². The summed E-state index contributed by atoms with van der Waals surface area (Å²) in [5, 5.41) is 24.7. The molecule has 0 radical (unpaired) electrons. The van der Waals surface area contributed by atoms with Crippen LogP contribution >= 0.6 is 0 Å². The molecule has 92 valence electrons. The van der Waals surface area contributed by atoms with Gasteiger partial charge in [-0.3, -0.25) is 5.01 Å². The molecule has 0 aliphatic rings. The third-order valence-electron chi connectivity index (χ3n) is 2.51. The third-order valence-corrected chi connectivity index (χ3v) is 2.51. The van der Waals surface area contributed by atoms with Crippen LogP contribution in [0.3, 0.4) is 0 Å². The first kappa shape index (κ1) is 12.0. The number of benzene rings is 2. The molecule has 4 heteroatoms. The Labute approximate surface area is 105 Å². The van der Waals surface area contributed by atoms with E-state index in [1.165, 1.54) is 12.1 Å². The van der Waals surface area contributed by atoms with Gasteiger partial charge in [0.25, 0.3) is 0 Å². The van der Waals surface area contributed by atoms with Gasteiger partial charge in [0.2, 0.25) is 0 Å². The Morgan fingerprint density at radius 3 is 2.44 bits per heavy atom. The van der Waals surface area contributed by atoms with Gasteiger partial charge in [0.15, 0.2) is 0 Å². The van der Waals surface area contributed by atoms with Gasteiger partial charge in [-0.1, -0.05) is 18.2 Å². The van der Waals surface area contributed by atoms with Crippen molar-refractivity contribution in [2.24, 2.45) is 5.10 Å². The fourth-order valence-electron chi connectivity index (χ4n) is 1.50. The molecule has 18 heavy (non-hydrogen) atoms. The number of para-hydroxylation sites is 1. The molecule has 0 aliphatic heterocycles. The number of aromatic hydroxyl groups is 2. The number of hydrogen-bond donors (Lipinski definition) is 2. The maximum Gasteiger partial charge on any atom is 0.128 e. The molecule has 0 amide bonds. The van der Waals surface area contributed by atoms with Gasteiger partial charge in [-0.15, -0.1) is 0 Å². The fraction of sp³-hybridized carbons (Fsp3) is 0.0714. The summed E-state index contributed by atoms with van der Waals surface area (Å²) >= 11 is 0. The zero-order chi connectivity index (χ0) is 13.0. The molecular formula is C14H14N2O2. The van der Waals surface area contributed by atoms with Crippen LogP contribution in [0.1, 0.15) is 5.56 Å². The lowest BCUT2D eigenvalue weighted by atomic mass is 10.2. The summed E-state index contributed by atoms with van der Waals surface area (Å²) in [7, 11) is 1.82. The minimum Gasteiger partial charge on any atom is -0.508 e. The summed E-state index contributed by atoms with van der Waals surface area (Å²) in [6.07, 6.45) is 1.54.